The SMILES string of the molecule is Clc1cccc(-c2ccccc2-c2ccco2)c1. The van der Waals surface area contributed by atoms with E-state index in [-0.39, 0.29) is 0 Å². The lowest BCUT2D eigenvalue weighted by Gasteiger charge is -2.07. The summed E-state index contributed by atoms with van der Waals surface area (Å²) in [5.74, 6) is 0.866. The molecule has 2 aromatic carbocycles. The molecule has 1 nitrogen and oxygen atoms in total. The first kappa shape index (κ1) is 11.1. The van der Waals surface area contributed by atoms with E-state index in [0.717, 1.165) is 27.5 Å². The minimum atomic E-state index is 0.738. The summed E-state index contributed by atoms with van der Waals surface area (Å²) in [4.78, 5) is 0. The zero-order valence-electron chi connectivity index (χ0n) is 9.64. The predicted octanol–water partition coefficient (Wildman–Crippen LogP) is 5.27. The first-order valence-electron chi connectivity index (χ1n) is 5.73. The van der Waals surface area contributed by atoms with Gasteiger partial charge in [0, 0.05) is 10.6 Å². The molecule has 2 heteroatoms. The normalized spacial score (nSPS) is 10.5. The van der Waals surface area contributed by atoms with Gasteiger partial charge in [-0.25, -0.2) is 0 Å². The van der Waals surface area contributed by atoms with E-state index in [9.17, 15) is 0 Å². The van der Waals surface area contributed by atoms with Gasteiger partial charge in [0.1, 0.15) is 5.76 Å². The summed E-state index contributed by atoms with van der Waals surface area (Å²) in [5.41, 5.74) is 3.29. The van der Waals surface area contributed by atoms with Gasteiger partial charge >= 0.3 is 0 Å². The van der Waals surface area contributed by atoms with Gasteiger partial charge in [-0.2, -0.15) is 0 Å². The molecule has 0 bridgehead atoms. The monoisotopic (exact) mass is 254 g/mol. The van der Waals surface area contributed by atoms with E-state index < -0.39 is 0 Å². The molecule has 0 saturated heterocycles. The van der Waals surface area contributed by atoms with Gasteiger partial charge in [0.05, 0.1) is 6.26 Å². The van der Waals surface area contributed by atoms with E-state index in [0.29, 0.717) is 0 Å². The summed E-state index contributed by atoms with van der Waals surface area (Å²) in [6.07, 6.45) is 1.68. The Morgan fingerprint density at radius 2 is 1.61 bits per heavy atom. The molecule has 0 aliphatic heterocycles. The fraction of sp³-hybridized carbons (Fsp3) is 0. The highest BCUT2D eigenvalue weighted by atomic mass is 35.5. The molecule has 0 N–H and O–H groups in total. The molecule has 88 valence electrons. The highest BCUT2D eigenvalue weighted by Gasteiger charge is 2.08. The van der Waals surface area contributed by atoms with Gasteiger partial charge in [0.25, 0.3) is 0 Å². The second-order valence-corrected chi connectivity index (χ2v) is 4.47. The second kappa shape index (κ2) is 4.71. The molecule has 3 aromatic rings. The Hall–Kier alpha value is -1.99. The lowest BCUT2D eigenvalue weighted by atomic mass is 9.98. The van der Waals surface area contributed by atoms with E-state index >= 15 is 0 Å². The van der Waals surface area contributed by atoms with E-state index in [4.69, 9.17) is 16.0 Å². The number of rotatable bonds is 2. The predicted molar refractivity (Wildman–Crippen MR) is 74.6 cm³/mol. The third kappa shape index (κ3) is 2.05. The molecule has 0 atom stereocenters. The van der Waals surface area contributed by atoms with Gasteiger partial charge in [-0.05, 0) is 35.4 Å². The molecular weight excluding hydrogens is 244 g/mol. The molecular formula is C16H11ClO. The van der Waals surface area contributed by atoms with Crippen molar-refractivity contribution in [1.82, 2.24) is 0 Å². The van der Waals surface area contributed by atoms with Crippen LogP contribution in [0.25, 0.3) is 22.5 Å². The molecule has 0 spiro atoms. The fourth-order valence-corrected chi connectivity index (χ4v) is 2.23. The molecule has 0 amide bonds. The van der Waals surface area contributed by atoms with Crippen LogP contribution in [0.15, 0.2) is 71.3 Å². The standard InChI is InChI=1S/C16H11ClO/c17-13-6-3-5-12(11-13)14-7-1-2-8-15(14)16-9-4-10-18-16/h1-11H. The van der Waals surface area contributed by atoms with E-state index in [1.807, 2.05) is 48.5 Å². The van der Waals surface area contributed by atoms with Gasteiger partial charge in [-0.3, -0.25) is 0 Å². The van der Waals surface area contributed by atoms with Crippen molar-refractivity contribution in [3.63, 3.8) is 0 Å². The number of furan rings is 1. The van der Waals surface area contributed by atoms with Crippen LogP contribution in [0.2, 0.25) is 5.02 Å². The van der Waals surface area contributed by atoms with Gasteiger partial charge in [-0.15, -0.1) is 0 Å². The van der Waals surface area contributed by atoms with Crippen molar-refractivity contribution >= 4 is 11.6 Å². The van der Waals surface area contributed by atoms with Crippen LogP contribution in [0.4, 0.5) is 0 Å². The van der Waals surface area contributed by atoms with Gasteiger partial charge in [0.15, 0.2) is 0 Å². The Morgan fingerprint density at radius 1 is 0.778 bits per heavy atom. The van der Waals surface area contributed by atoms with Crippen LogP contribution in [-0.2, 0) is 0 Å². The highest BCUT2D eigenvalue weighted by molar-refractivity contribution is 6.30. The van der Waals surface area contributed by atoms with Crippen LogP contribution >= 0.6 is 11.6 Å². The Bertz CT molecular complexity index is 656. The summed E-state index contributed by atoms with van der Waals surface area (Å²) >= 11 is 6.05. The average molecular weight is 255 g/mol. The number of hydrogen-bond donors (Lipinski definition) is 0. The zero-order chi connectivity index (χ0) is 12.4. The molecule has 1 heterocycles. The van der Waals surface area contributed by atoms with Crippen molar-refractivity contribution in [2.45, 2.75) is 0 Å². The maximum atomic E-state index is 6.05. The molecule has 0 saturated carbocycles. The van der Waals surface area contributed by atoms with Crippen molar-refractivity contribution in [3.8, 4) is 22.5 Å². The van der Waals surface area contributed by atoms with Gasteiger partial charge in [0.2, 0.25) is 0 Å². The van der Waals surface area contributed by atoms with Crippen LogP contribution in [0, 0.1) is 0 Å². The molecule has 18 heavy (non-hydrogen) atoms. The lowest BCUT2D eigenvalue weighted by Crippen LogP contribution is -1.83. The largest absolute Gasteiger partial charge is 0.464 e. The van der Waals surface area contributed by atoms with E-state index in [1.165, 1.54) is 0 Å². The zero-order valence-corrected chi connectivity index (χ0v) is 10.4. The smallest absolute Gasteiger partial charge is 0.134 e. The van der Waals surface area contributed by atoms with Crippen LogP contribution in [0.1, 0.15) is 0 Å². The second-order valence-electron chi connectivity index (χ2n) is 4.03. The minimum Gasteiger partial charge on any atom is -0.464 e. The molecule has 3 rings (SSSR count). The topological polar surface area (TPSA) is 13.1 Å². The van der Waals surface area contributed by atoms with Crippen molar-refractivity contribution in [3.05, 3.63) is 71.9 Å². The molecule has 0 radical (unpaired) electrons. The summed E-state index contributed by atoms with van der Waals surface area (Å²) < 4.78 is 5.48. The Labute approximate surface area is 111 Å². The van der Waals surface area contributed by atoms with Gasteiger partial charge in [-0.1, -0.05) is 48.0 Å². The fourth-order valence-electron chi connectivity index (χ4n) is 2.04. The highest BCUT2D eigenvalue weighted by Crippen LogP contribution is 2.33. The van der Waals surface area contributed by atoms with Crippen LogP contribution in [0.5, 0.6) is 0 Å². The molecule has 0 fully saturated rings. The van der Waals surface area contributed by atoms with Crippen LogP contribution in [-0.4, -0.2) is 0 Å². The molecule has 0 aliphatic rings. The lowest BCUT2D eigenvalue weighted by molar-refractivity contribution is 0.582. The van der Waals surface area contributed by atoms with E-state index in [2.05, 4.69) is 12.1 Å². The average Bonchev–Trinajstić information content (AvgIpc) is 2.92. The Morgan fingerprint density at radius 3 is 2.33 bits per heavy atom. The van der Waals surface area contributed by atoms with Crippen molar-refractivity contribution in [1.29, 1.82) is 0 Å². The summed E-state index contributed by atoms with van der Waals surface area (Å²) in [5, 5.41) is 0.738. The van der Waals surface area contributed by atoms with Crippen molar-refractivity contribution in [2.24, 2.45) is 0 Å². The number of hydrogen-bond acceptors (Lipinski definition) is 1. The van der Waals surface area contributed by atoms with Crippen molar-refractivity contribution in [2.75, 3.05) is 0 Å². The Kier molecular flexibility index (Phi) is 2.91. The Balaban J connectivity index is 2.18. The third-order valence-electron chi connectivity index (χ3n) is 2.85. The molecule has 1 aromatic heterocycles. The summed E-state index contributed by atoms with van der Waals surface area (Å²) in [7, 11) is 0. The molecule has 0 aliphatic carbocycles. The van der Waals surface area contributed by atoms with E-state index in [1.54, 1.807) is 6.26 Å². The number of benzene rings is 2. The summed E-state index contributed by atoms with van der Waals surface area (Å²) in [6, 6.07) is 19.8. The minimum absolute atomic E-state index is 0.738. The quantitative estimate of drug-likeness (QED) is 0.607. The first-order chi connectivity index (χ1) is 8.84. The molecule has 0 unspecified atom stereocenters. The van der Waals surface area contributed by atoms with Crippen LogP contribution in [0.3, 0.4) is 0 Å². The van der Waals surface area contributed by atoms with Crippen molar-refractivity contribution < 1.29 is 4.42 Å². The maximum absolute atomic E-state index is 6.05. The first-order valence-corrected chi connectivity index (χ1v) is 6.11. The summed E-state index contributed by atoms with van der Waals surface area (Å²) in [6.45, 7) is 0. The van der Waals surface area contributed by atoms with Crippen LogP contribution < -0.4 is 0 Å². The third-order valence-corrected chi connectivity index (χ3v) is 3.08. The maximum Gasteiger partial charge on any atom is 0.134 e. The van der Waals surface area contributed by atoms with Gasteiger partial charge < -0.3 is 4.42 Å². The number of halogens is 1.